The van der Waals surface area contributed by atoms with Gasteiger partial charge < -0.3 is 9.15 Å². The molecule has 2 aromatic rings. The molecule has 3 rings (SSSR count). The minimum absolute atomic E-state index is 0.104. The molecule has 1 atom stereocenters. The maximum Gasteiger partial charge on any atom is 0.200 e. The highest BCUT2D eigenvalue weighted by Gasteiger charge is 2.25. The summed E-state index contributed by atoms with van der Waals surface area (Å²) >= 11 is 0. The van der Waals surface area contributed by atoms with E-state index < -0.39 is 0 Å². The van der Waals surface area contributed by atoms with E-state index in [1.54, 1.807) is 18.2 Å². The molecule has 1 aromatic carbocycles. The van der Waals surface area contributed by atoms with Crippen molar-refractivity contribution in [3.8, 4) is 0 Å². The second-order valence-corrected chi connectivity index (χ2v) is 4.56. The summed E-state index contributed by atoms with van der Waals surface area (Å²) in [6.45, 7) is 0.507. The molecule has 0 N–H and O–H groups in total. The van der Waals surface area contributed by atoms with Gasteiger partial charge in [0.05, 0.1) is 19.0 Å². The number of furan rings is 1. The number of ketones is 1. The van der Waals surface area contributed by atoms with Crippen molar-refractivity contribution in [2.75, 3.05) is 6.61 Å². The van der Waals surface area contributed by atoms with Gasteiger partial charge in [-0.05, 0) is 41.8 Å². The molecular formula is C15H13FO3. The first-order valence-corrected chi connectivity index (χ1v) is 6.20. The highest BCUT2D eigenvalue weighted by atomic mass is 19.1. The standard InChI is InChI=1S/C15H13FO3/c16-11-3-4-12-10(8-11)5-7-19-15(12)9-13(17)14-2-1-6-18-14/h1-4,6,8,15H,5,7,9H2/t15-/m1/s1. The zero-order valence-electron chi connectivity index (χ0n) is 10.3. The number of halogens is 1. The van der Waals surface area contributed by atoms with Crippen LogP contribution in [0.3, 0.4) is 0 Å². The Bertz CT molecular complexity index is 589. The lowest BCUT2D eigenvalue weighted by atomic mass is 9.94. The third-order valence-corrected chi connectivity index (χ3v) is 3.31. The molecule has 0 bridgehead atoms. The molecular weight excluding hydrogens is 247 g/mol. The van der Waals surface area contributed by atoms with Crippen molar-refractivity contribution in [1.29, 1.82) is 0 Å². The Balaban J connectivity index is 1.82. The van der Waals surface area contributed by atoms with Crippen molar-refractivity contribution in [3.63, 3.8) is 0 Å². The Morgan fingerprint density at radius 3 is 3.05 bits per heavy atom. The van der Waals surface area contributed by atoms with Crippen LogP contribution in [0.25, 0.3) is 0 Å². The van der Waals surface area contributed by atoms with Gasteiger partial charge in [0.15, 0.2) is 5.76 Å². The Hall–Kier alpha value is -1.94. The summed E-state index contributed by atoms with van der Waals surface area (Å²) in [7, 11) is 0. The monoisotopic (exact) mass is 260 g/mol. The summed E-state index contributed by atoms with van der Waals surface area (Å²) in [4.78, 5) is 12.0. The van der Waals surface area contributed by atoms with Crippen molar-refractivity contribution in [2.24, 2.45) is 0 Å². The maximum absolute atomic E-state index is 13.2. The Kier molecular flexibility index (Phi) is 3.17. The summed E-state index contributed by atoms with van der Waals surface area (Å²) in [5, 5.41) is 0. The van der Waals surface area contributed by atoms with Crippen molar-refractivity contribution >= 4 is 5.78 Å². The summed E-state index contributed by atoms with van der Waals surface area (Å²) < 4.78 is 23.9. The van der Waals surface area contributed by atoms with Crippen LogP contribution in [0.4, 0.5) is 4.39 Å². The van der Waals surface area contributed by atoms with Crippen LogP contribution < -0.4 is 0 Å². The second kappa shape index (κ2) is 4.97. The molecule has 2 heterocycles. The van der Waals surface area contributed by atoms with Gasteiger partial charge in [0.1, 0.15) is 5.82 Å². The van der Waals surface area contributed by atoms with E-state index >= 15 is 0 Å². The van der Waals surface area contributed by atoms with E-state index in [2.05, 4.69) is 0 Å². The summed E-state index contributed by atoms with van der Waals surface area (Å²) in [5.74, 6) is -0.0261. The number of Topliss-reactive ketones (excluding diaryl/α,β-unsaturated/α-hetero) is 1. The Morgan fingerprint density at radius 1 is 1.37 bits per heavy atom. The number of carbonyl (C=O) groups excluding carboxylic acids is 1. The number of hydrogen-bond acceptors (Lipinski definition) is 3. The molecule has 0 saturated carbocycles. The van der Waals surface area contributed by atoms with E-state index in [4.69, 9.17) is 9.15 Å². The van der Waals surface area contributed by atoms with Crippen molar-refractivity contribution in [1.82, 2.24) is 0 Å². The van der Waals surface area contributed by atoms with E-state index in [9.17, 15) is 9.18 Å². The smallest absolute Gasteiger partial charge is 0.200 e. The molecule has 0 fully saturated rings. The van der Waals surface area contributed by atoms with Gasteiger partial charge in [0.2, 0.25) is 5.78 Å². The van der Waals surface area contributed by atoms with Crippen molar-refractivity contribution in [2.45, 2.75) is 18.9 Å². The number of rotatable bonds is 3. The normalized spacial score (nSPS) is 18.1. The number of carbonyl (C=O) groups is 1. The van der Waals surface area contributed by atoms with Crippen LogP contribution in [0.1, 0.15) is 34.2 Å². The van der Waals surface area contributed by atoms with E-state index in [-0.39, 0.29) is 24.1 Å². The van der Waals surface area contributed by atoms with Gasteiger partial charge in [-0.15, -0.1) is 0 Å². The largest absolute Gasteiger partial charge is 0.461 e. The fourth-order valence-corrected chi connectivity index (χ4v) is 2.38. The number of fused-ring (bicyclic) bond motifs is 1. The third kappa shape index (κ3) is 2.44. The molecule has 0 radical (unpaired) electrons. The minimum atomic E-state index is -0.318. The van der Waals surface area contributed by atoms with E-state index in [0.29, 0.717) is 18.8 Å². The average Bonchev–Trinajstić information content (AvgIpc) is 2.92. The van der Waals surface area contributed by atoms with Gasteiger partial charge in [0, 0.05) is 6.42 Å². The summed E-state index contributed by atoms with van der Waals surface area (Å²) in [6, 6.07) is 7.93. The van der Waals surface area contributed by atoms with Gasteiger partial charge in [-0.3, -0.25) is 4.79 Å². The Labute approximate surface area is 110 Å². The van der Waals surface area contributed by atoms with E-state index in [1.165, 1.54) is 18.4 Å². The van der Waals surface area contributed by atoms with Crippen LogP contribution in [-0.2, 0) is 11.2 Å². The van der Waals surface area contributed by atoms with Gasteiger partial charge in [-0.1, -0.05) is 6.07 Å². The zero-order valence-corrected chi connectivity index (χ0v) is 10.3. The first kappa shape index (κ1) is 12.1. The van der Waals surface area contributed by atoms with Gasteiger partial charge >= 0.3 is 0 Å². The molecule has 98 valence electrons. The molecule has 19 heavy (non-hydrogen) atoms. The predicted molar refractivity (Wildman–Crippen MR) is 66.5 cm³/mol. The lowest BCUT2D eigenvalue weighted by Gasteiger charge is -2.25. The van der Waals surface area contributed by atoms with Crippen LogP contribution in [0.15, 0.2) is 41.0 Å². The summed E-state index contributed by atoms with van der Waals surface area (Å²) in [6.07, 6.45) is 2.05. The van der Waals surface area contributed by atoms with E-state index in [1.807, 2.05) is 0 Å². The van der Waals surface area contributed by atoms with Crippen LogP contribution in [0, 0.1) is 5.82 Å². The van der Waals surface area contributed by atoms with Crippen LogP contribution in [0.5, 0.6) is 0 Å². The SMILES string of the molecule is O=C(C[C@H]1OCCc2cc(F)ccc21)c1ccco1. The molecule has 0 spiro atoms. The minimum Gasteiger partial charge on any atom is -0.461 e. The lowest BCUT2D eigenvalue weighted by Crippen LogP contribution is -2.19. The molecule has 4 heteroatoms. The van der Waals surface area contributed by atoms with Crippen molar-refractivity contribution in [3.05, 3.63) is 59.3 Å². The maximum atomic E-state index is 13.2. The highest BCUT2D eigenvalue weighted by molar-refractivity contribution is 5.93. The molecule has 0 amide bonds. The van der Waals surface area contributed by atoms with Crippen LogP contribution in [-0.4, -0.2) is 12.4 Å². The van der Waals surface area contributed by atoms with Crippen LogP contribution >= 0.6 is 0 Å². The first-order chi connectivity index (χ1) is 9.24. The molecule has 1 aliphatic rings. The average molecular weight is 260 g/mol. The second-order valence-electron chi connectivity index (χ2n) is 4.56. The quantitative estimate of drug-likeness (QED) is 0.795. The van der Waals surface area contributed by atoms with Gasteiger partial charge in [-0.2, -0.15) is 0 Å². The fourth-order valence-electron chi connectivity index (χ4n) is 2.38. The molecule has 3 nitrogen and oxygen atoms in total. The molecule has 1 aromatic heterocycles. The zero-order chi connectivity index (χ0) is 13.2. The van der Waals surface area contributed by atoms with Crippen LogP contribution in [0.2, 0.25) is 0 Å². The molecule has 0 unspecified atom stereocenters. The molecule has 0 saturated heterocycles. The lowest BCUT2D eigenvalue weighted by molar-refractivity contribution is 0.0342. The fraction of sp³-hybridized carbons (Fsp3) is 0.267. The highest BCUT2D eigenvalue weighted by Crippen LogP contribution is 2.31. The van der Waals surface area contributed by atoms with E-state index in [0.717, 1.165) is 11.1 Å². The summed E-state index contributed by atoms with van der Waals surface area (Å²) in [5.41, 5.74) is 1.82. The number of benzene rings is 1. The van der Waals surface area contributed by atoms with Crippen molar-refractivity contribution < 1.29 is 18.3 Å². The molecule has 1 aliphatic heterocycles. The third-order valence-electron chi connectivity index (χ3n) is 3.31. The number of hydrogen-bond donors (Lipinski definition) is 0. The predicted octanol–water partition coefficient (Wildman–Crippen LogP) is 3.31. The first-order valence-electron chi connectivity index (χ1n) is 6.20. The number of ether oxygens (including phenoxy) is 1. The Morgan fingerprint density at radius 2 is 2.26 bits per heavy atom. The molecule has 0 aliphatic carbocycles. The van der Waals surface area contributed by atoms with Gasteiger partial charge in [0.25, 0.3) is 0 Å². The van der Waals surface area contributed by atoms with Gasteiger partial charge in [-0.25, -0.2) is 4.39 Å². The topological polar surface area (TPSA) is 39.4 Å².